The van der Waals surface area contributed by atoms with Crippen LogP contribution >= 0.6 is 11.8 Å². The monoisotopic (exact) mass is 404 g/mol. The van der Waals surface area contributed by atoms with Crippen LogP contribution in [0.5, 0.6) is 5.75 Å². The number of hydrogen-bond donors (Lipinski definition) is 0. The summed E-state index contributed by atoms with van der Waals surface area (Å²) in [6.07, 6.45) is -2.36. The van der Waals surface area contributed by atoms with Gasteiger partial charge < -0.3 is 9.30 Å². The van der Waals surface area contributed by atoms with E-state index < -0.39 is 18.5 Å². The van der Waals surface area contributed by atoms with Crippen LogP contribution in [0.2, 0.25) is 0 Å². The van der Waals surface area contributed by atoms with E-state index in [1.165, 1.54) is 17.8 Å². The summed E-state index contributed by atoms with van der Waals surface area (Å²) < 4.78 is 69.4. The Hall–Kier alpha value is -2.43. The van der Waals surface area contributed by atoms with Gasteiger partial charge >= 0.3 is 12.8 Å². The van der Waals surface area contributed by atoms with Gasteiger partial charge in [-0.25, -0.2) is 15.0 Å². The maximum absolute atomic E-state index is 12.9. The van der Waals surface area contributed by atoms with Crippen molar-refractivity contribution < 1.29 is 26.7 Å². The number of fused-ring (bicyclic) bond motifs is 1. The summed E-state index contributed by atoms with van der Waals surface area (Å²) in [5, 5.41) is 0. The number of imidazole rings is 1. The van der Waals surface area contributed by atoms with Crippen molar-refractivity contribution in [2.75, 3.05) is 5.75 Å². The molecule has 0 saturated carbocycles. The zero-order valence-electron chi connectivity index (χ0n) is 14.1. The molecule has 0 aliphatic rings. The SMILES string of the molecule is CCSc1cc(OC(F)F)cnc1-c1nc2cc(C(F)(F)F)ncc2n1C. The van der Waals surface area contributed by atoms with Crippen LogP contribution in [0.15, 0.2) is 29.4 Å². The van der Waals surface area contributed by atoms with Crippen LogP contribution in [-0.4, -0.2) is 31.9 Å². The second-order valence-corrected chi connectivity index (χ2v) is 6.69. The van der Waals surface area contributed by atoms with Crippen LogP contribution in [0, 0.1) is 0 Å². The van der Waals surface area contributed by atoms with Crippen LogP contribution in [0.3, 0.4) is 0 Å². The molecule has 0 aliphatic heterocycles. The van der Waals surface area contributed by atoms with E-state index in [9.17, 15) is 22.0 Å². The van der Waals surface area contributed by atoms with E-state index in [0.717, 1.165) is 18.5 Å². The van der Waals surface area contributed by atoms with Crippen molar-refractivity contribution in [2.24, 2.45) is 7.05 Å². The first-order valence-electron chi connectivity index (χ1n) is 7.68. The van der Waals surface area contributed by atoms with Crippen LogP contribution in [0.25, 0.3) is 22.6 Å². The van der Waals surface area contributed by atoms with E-state index in [4.69, 9.17) is 0 Å². The van der Waals surface area contributed by atoms with Gasteiger partial charge in [-0.1, -0.05) is 6.92 Å². The first kappa shape index (κ1) is 19.3. The molecule has 11 heteroatoms. The van der Waals surface area contributed by atoms with Gasteiger partial charge in [0.2, 0.25) is 0 Å². The van der Waals surface area contributed by atoms with Crippen molar-refractivity contribution in [3.63, 3.8) is 0 Å². The fraction of sp³-hybridized carbons (Fsp3) is 0.312. The highest BCUT2D eigenvalue weighted by Gasteiger charge is 2.33. The number of hydrogen-bond acceptors (Lipinski definition) is 5. The van der Waals surface area contributed by atoms with Crippen LogP contribution in [0.4, 0.5) is 22.0 Å². The summed E-state index contributed by atoms with van der Waals surface area (Å²) >= 11 is 1.33. The molecular formula is C16H13F5N4OS. The van der Waals surface area contributed by atoms with Crippen molar-refractivity contribution >= 4 is 22.8 Å². The third-order valence-electron chi connectivity index (χ3n) is 3.62. The lowest BCUT2D eigenvalue weighted by Gasteiger charge is -2.10. The number of pyridine rings is 2. The Morgan fingerprint density at radius 2 is 1.93 bits per heavy atom. The molecule has 0 spiro atoms. The molecule has 0 aliphatic carbocycles. The van der Waals surface area contributed by atoms with Gasteiger partial charge in [-0.2, -0.15) is 22.0 Å². The Morgan fingerprint density at radius 1 is 1.19 bits per heavy atom. The third-order valence-corrected chi connectivity index (χ3v) is 4.53. The normalized spacial score (nSPS) is 12.1. The predicted molar refractivity (Wildman–Crippen MR) is 89.8 cm³/mol. The third kappa shape index (κ3) is 3.97. The molecule has 0 N–H and O–H groups in total. The van der Waals surface area contributed by atoms with Gasteiger partial charge in [0, 0.05) is 11.9 Å². The number of thioether (sulfide) groups is 1. The van der Waals surface area contributed by atoms with Gasteiger partial charge in [-0.3, -0.25) is 0 Å². The zero-order chi connectivity index (χ0) is 19.8. The molecule has 5 nitrogen and oxygen atoms in total. The first-order valence-corrected chi connectivity index (χ1v) is 8.67. The Kier molecular flexibility index (Phi) is 5.22. The number of ether oxygens (including phenoxy) is 1. The summed E-state index contributed by atoms with van der Waals surface area (Å²) in [5.41, 5.74) is -0.190. The topological polar surface area (TPSA) is 52.8 Å². The van der Waals surface area contributed by atoms with Gasteiger partial charge in [0.1, 0.15) is 17.1 Å². The van der Waals surface area contributed by atoms with E-state index in [-0.39, 0.29) is 11.3 Å². The minimum atomic E-state index is -4.58. The predicted octanol–water partition coefficient (Wildman–Crippen LogP) is 4.76. The highest BCUT2D eigenvalue weighted by atomic mass is 32.2. The van der Waals surface area contributed by atoms with E-state index in [1.54, 1.807) is 11.6 Å². The molecule has 0 amide bonds. The van der Waals surface area contributed by atoms with Crippen molar-refractivity contribution in [3.05, 3.63) is 30.2 Å². The molecule has 3 heterocycles. The Labute approximate surface area is 154 Å². The largest absolute Gasteiger partial charge is 0.433 e. The number of aromatic nitrogens is 4. The molecule has 3 aromatic heterocycles. The standard InChI is InChI=1S/C16H13F5N4OS/c1-3-27-11-4-8(26-15(17)18)6-23-13(11)14-24-9-5-12(16(19,20)21)22-7-10(9)25(14)2/h4-7,15H,3H2,1-2H3. The zero-order valence-corrected chi connectivity index (χ0v) is 14.9. The Morgan fingerprint density at radius 3 is 2.56 bits per heavy atom. The highest BCUT2D eigenvalue weighted by molar-refractivity contribution is 7.99. The van der Waals surface area contributed by atoms with Crippen LogP contribution < -0.4 is 4.74 Å². The summed E-state index contributed by atoms with van der Waals surface area (Å²) in [5.74, 6) is 0.812. The molecule has 0 fully saturated rings. The quantitative estimate of drug-likeness (QED) is 0.453. The Balaban J connectivity index is 2.12. The first-order chi connectivity index (χ1) is 12.7. The fourth-order valence-corrected chi connectivity index (χ4v) is 3.27. The lowest BCUT2D eigenvalue weighted by atomic mass is 10.3. The minimum Gasteiger partial charge on any atom is -0.433 e. The van der Waals surface area contributed by atoms with Gasteiger partial charge in [0.25, 0.3) is 0 Å². The van der Waals surface area contributed by atoms with Gasteiger partial charge in [0.05, 0.1) is 23.4 Å². The number of alkyl halides is 5. The summed E-state index contributed by atoms with van der Waals surface area (Å²) in [6, 6.07) is 2.27. The van der Waals surface area contributed by atoms with E-state index in [0.29, 0.717) is 27.7 Å². The molecule has 0 unspecified atom stereocenters. The van der Waals surface area contributed by atoms with Crippen molar-refractivity contribution in [3.8, 4) is 17.3 Å². The molecule has 0 aromatic carbocycles. The maximum Gasteiger partial charge on any atom is 0.433 e. The average Bonchev–Trinajstić information content (AvgIpc) is 2.90. The van der Waals surface area contributed by atoms with Crippen molar-refractivity contribution in [1.82, 2.24) is 19.5 Å². The Bertz CT molecular complexity index is 973. The second kappa shape index (κ2) is 7.29. The molecule has 3 aromatic rings. The van der Waals surface area contributed by atoms with Gasteiger partial charge in [0.15, 0.2) is 5.82 Å². The van der Waals surface area contributed by atoms with Crippen LogP contribution in [0.1, 0.15) is 12.6 Å². The molecule has 0 atom stereocenters. The lowest BCUT2D eigenvalue weighted by Crippen LogP contribution is -2.07. The second-order valence-electron chi connectivity index (χ2n) is 5.38. The lowest BCUT2D eigenvalue weighted by molar-refractivity contribution is -0.141. The number of halogens is 5. The fourth-order valence-electron chi connectivity index (χ4n) is 2.48. The van der Waals surface area contributed by atoms with E-state index >= 15 is 0 Å². The molecule has 3 rings (SSSR count). The number of rotatable bonds is 5. The smallest absolute Gasteiger partial charge is 0.433 e. The summed E-state index contributed by atoms with van der Waals surface area (Å²) in [7, 11) is 1.62. The van der Waals surface area contributed by atoms with Crippen LogP contribution in [-0.2, 0) is 13.2 Å². The van der Waals surface area contributed by atoms with Crippen molar-refractivity contribution in [2.45, 2.75) is 24.6 Å². The molecule has 144 valence electrons. The van der Waals surface area contributed by atoms with E-state index in [2.05, 4.69) is 19.7 Å². The van der Waals surface area contributed by atoms with Gasteiger partial charge in [-0.05, 0) is 17.9 Å². The molecule has 0 bridgehead atoms. The molecule has 27 heavy (non-hydrogen) atoms. The van der Waals surface area contributed by atoms with Gasteiger partial charge in [-0.15, -0.1) is 11.8 Å². The summed E-state index contributed by atoms with van der Waals surface area (Å²) in [6.45, 7) is -1.12. The molecular weight excluding hydrogens is 391 g/mol. The molecule has 0 saturated heterocycles. The van der Waals surface area contributed by atoms with E-state index in [1.807, 2.05) is 6.92 Å². The maximum atomic E-state index is 12.9. The average molecular weight is 404 g/mol. The van der Waals surface area contributed by atoms with Crippen molar-refractivity contribution in [1.29, 1.82) is 0 Å². The minimum absolute atomic E-state index is 0.107. The number of aryl methyl sites for hydroxylation is 1. The highest BCUT2D eigenvalue weighted by Crippen LogP contribution is 2.35. The molecule has 0 radical (unpaired) electrons. The number of nitrogens with zero attached hydrogens (tertiary/aromatic N) is 4. The summed E-state index contributed by atoms with van der Waals surface area (Å²) in [4.78, 5) is 12.4.